The lowest BCUT2D eigenvalue weighted by Crippen LogP contribution is -2.37. The molecule has 8 heteroatoms. The number of carbonyl (C=O) groups excluding carboxylic acids is 3. The Hall–Kier alpha value is -4.46. The van der Waals surface area contributed by atoms with Gasteiger partial charge in [-0.15, -0.1) is 0 Å². The van der Waals surface area contributed by atoms with Crippen molar-refractivity contribution in [2.24, 2.45) is 5.10 Å². The molecule has 0 bridgehead atoms. The molecule has 0 aliphatic carbocycles. The quantitative estimate of drug-likeness (QED) is 0.274. The molecule has 3 N–H and O–H groups in total. The van der Waals surface area contributed by atoms with Gasteiger partial charge in [0.1, 0.15) is 5.75 Å². The summed E-state index contributed by atoms with van der Waals surface area (Å²) in [6.07, 6.45) is 1.38. The standard InChI is InChI=1S/C26H26N4O4/c1-18-11-12-23(19(2)13-18)29-24(31)17-34-22-10-6-9-21(14-22)16-28-30-26(33)25(32)27-15-20-7-4-3-5-8-20/h3-14,16H,15,17H2,1-2H3,(H,27,32)(H,29,31)(H,30,33). The number of ether oxygens (including phenoxy) is 1. The van der Waals surface area contributed by atoms with E-state index in [1.165, 1.54) is 6.21 Å². The van der Waals surface area contributed by atoms with E-state index in [0.717, 1.165) is 22.4 Å². The minimum Gasteiger partial charge on any atom is -0.484 e. The van der Waals surface area contributed by atoms with Gasteiger partial charge in [-0.1, -0.05) is 60.2 Å². The number of hydrazone groups is 1. The maximum Gasteiger partial charge on any atom is 0.329 e. The molecular weight excluding hydrogens is 432 g/mol. The molecule has 3 aromatic rings. The lowest BCUT2D eigenvalue weighted by molar-refractivity contribution is -0.139. The summed E-state index contributed by atoms with van der Waals surface area (Å²) >= 11 is 0. The molecule has 0 fully saturated rings. The van der Waals surface area contributed by atoms with Crippen LogP contribution in [-0.4, -0.2) is 30.5 Å². The third-order valence-electron chi connectivity index (χ3n) is 4.77. The number of amides is 3. The van der Waals surface area contributed by atoms with Gasteiger partial charge in [-0.05, 0) is 48.7 Å². The molecule has 0 aliphatic heterocycles. The molecule has 0 atom stereocenters. The summed E-state index contributed by atoms with van der Waals surface area (Å²) in [4.78, 5) is 36.0. The molecule has 34 heavy (non-hydrogen) atoms. The number of nitrogens with one attached hydrogen (secondary N) is 3. The van der Waals surface area contributed by atoms with Crippen LogP contribution in [0.25, 0.3) is 0 Å². The van der Waals surface area contributed by atoms with Crippen LogP contribution in [0.15, 0.2) is 77.9 Å². The summed E-state index contributed by atoms with van der Waals surface area (Å²) in [6.45, 7) is 4.00. The van der Waals surface area contributed by atoms with E-state index in [1.807, 2.05) is 62.4 Å². The van der Waals surface area contributed by atoms with Crippen molar-refractivity contribution >= 4 is 29.6 Å². The maximum absolute atomic E-state index is 12.2. The molecule has 0 unspecified atom stereocenters. The van der Waals surface area contributed by atoms with E-state index in [9.17, 15) is 14.4 Å². The highest BCUT2D eigenvalue weighted by Gasteiger charge is 2.12. The van der Waals surface area contributed by atoms with E-state index in [1.54, 1.807) is 24.3 Å². The van der Waals surface area contributed by atoms with Crippen LogP contribution in [0.5, 0.6) is 5.75 Å². The second kappa shape index (κ2) is 12.0. The molecule has 174 valence electrons. The molecule has 8 nitrogen and oxygen atoms in total. The first-order chi connectivity index (χ1) is 16.4. The normalized spacial score (nSPS) is 10.5. The van der Waals surface area contributed by atoms with Crippen LogP contribution in [0.4, 0.5) is 5.69 Å². The van der Waals surface area contributed by atoms with Gasteiger partial charge in [-0.25, -0.2) is 5.43 Å². The third kappa shape index (κ3) is 7.59. The number of hydrogen-bond acceptors (Lipinski definition) is 5. The number of hydrogen-bond donors (Lipinski definition) is 3. The van der Waals surface area contributed by atoms with Gasteiger partial charge >= 0.3 is 11.8 Å². The van der Waals surface area contributed by atoms with Crippen LogP contribution in [0.1, 0.15) is 22.3 Å². The third-order valence-corrected chi connectivity index (χ3v) is 4.77. The Balaban J connectivity index is 1.45. The van der Waals surface area contributed by atoms with Gasteiger partial charge in [0.25, 0.3) is 5.91 Å². The number of carbonyl (C=O) groups is 3. The van der Waals surface area contributed by atoms with Gasteiger partial charge in [-0.2, -0.15) is 5.10 Å². The summed E-state index contributed by atoms with van der Waals surface area (Å²) in [5.41, 5.74) is 6.52. The molecular formula is C26H26N4O4. The molecule has 0 radical (unpaired) electrons. The van der Waals surface area contributed by atoms with Crippen LogP contribution >= 0.6 is 0 Å². The van der Waals surface area contributed by atoms with Crippen molar-refractivity contribution in [1.29, 1.82) is 0 Å². The lowest BCUT2D eigenvalue weighted by atomic mass is 10.1. The predicted octanol–water partition coefficient (Wildman–Crippen LogP) is 3.09. The van der Waals surface area contributed by atoms with Crippen molar-refractivity contribution in [3.63, 3.8) is 0 Å². The highest BCUT2D eigenvalue weighted by atomic mass is 16.5. The Labute approximate surface area is 198 Å². The van der Waals surface area contributed by atoms with Crippen LogP contribution in [0, 0.1) is 13.8 Å². The molecule has 3 aromatic carbocycles. The van der Waals surface area contributed by atoms with Gasteiger partial charge < -0.3 is 15.4 Å². The fourth-order valence-corrected chi connectivity index (χ4v) is 3.05. The van der Waals surface area contributed by atoms with Crippen molar-refractivity contribution in [2.45, 2.75) is 20.4 Å². The van der Waals surface area contributed by atoms with Crippen LogP contribution in [0.2, 0.25) is 0 Å². The highest BCUT2D eigenvalue weighted by Crippen LogP contribution is 2.16. The predicted molar refractivity (Wildman–Crippen MR) is 131 cm³/mol. The SMILES string of the molecule is Cc1ccc(NC(=O)COc2cccc(C=NNC(=O)C(=O)NCc3ccccc3)c2)c(C)c1. The van der Waals surface area contributed by atoms with Gasteiger partial charge in [0.05, 0.1) is 6.21 Å². The Morgan fingerprint density at radius 2 is 1.71 bits per heavy atom. The smallest absolute Gasteiger partial charge is 0.329 e. The van der Waals surface area contributed by atoms with Crippen molar-refractivity contribution in [3.05, 3.63) is 95.1 Å². The average Bonchev–Trinajstić information content (AvgIpc) is 2.84. The zero-order valence-corrected chi connectivity index (χ0v) is 19.0. The van der Waals surface area contributed by atoms with Crippen molar-refractivity contribution < 1.29 is 19.1 Å². The molecule has 0 saturated heterocycles. The molecule has 3 amide bonds. The second-order valence-corrected chi connectivity index (χ2v) is 7.60. The number of nitrogens with zero attached hydrogens (tertiary/aromatic N) is 1. The van der Waals surface area contributed by atoms with Crippen molar-refractivity contribution in [3.8, 4) is 5.75 Å². The molecule has 3 rings (SSSR count). The zero-order valence-electron chi connectivity index (χ0n) is 19.0. The maximum atomic E-state index is 12.2. The fraction of sp³-hybridized carbons (Fsp3) is 0.154. The number of benzene rings is 3. The molecule has 0 heterocycles. The topological polar surface area (TPSA) is 109 Å². The minimum atomic E-state index is -0.873. The second-order valence-electron chi connectivity index (χ2n) is 7.60. The van der Waals surface area contributed by atoms with Crippen molar-refractivity contribution in [2.75, 3.05) is 11.9 Å². The van der Waals surface area contributed by atoms with Gasteiger partial charge in [0.2, 0.25) is 0 Å². The highest BCUT2D eigenvalue weighted by molar-refractivity contribution is 6.35. The Kier molecular flexibility index (Phi) is 8.51. The first kappa shape index (κ1) is 24.2. The Bertz CT molecular complexity index is 1190. The van der Waals surface area contributed by atoms with Crippen LogP contribution in [-0.2, 0) is 20.9 Å². The number of rotatable bonds is 8. The van der Waals surface area contributed by atoms with E-state index in [2.05, 4.69) is 21.2 Å². The first-order valence-electron chi connectivity index (χ1n) is 10.7. The summed E-state index contributed by atoms with van der Waals surface area (Å²) in [7, 11) is 0. The molecule has 0 saturated carbocycles. The van der Waals surface area contributed by atoms with Crippen LogP contribution < -0.4 is 20.8 Å². The Morgan fingerprint density at radius 3 is 2.47 bits per heavy atom. The zero-order chi connectivity index (χ0) is 24.3. The summed E-state index contributed by atoms with van der Waals surface area (Å²) in [5.74, 6) is -1.47. The van der Waals surface area contributed by atoms with E-state index in [4.69, 9.17) is 4.74 Å². The van der Waals surface area contributed by atoms with Crippen molar-refractivity contribution in [1.82, 2.24) is 10.7 Å². The summed E-state index contributed by atoms with van der Waals surface area (Å²) < 4.78 is 5.56. The molecule has 0 aromatic heterocycles. The molecule has 0 spiro atoms. The fourth-order valence-electron chi connectivity index (χ4n) is 3.05. The summed E-state index contributed by atoms with van der Waals surface area (Å²) in [5, 5.41) is 9.16. The van der Waals surface area contributed by atoms with E-state index < -0.39 is 11.8 Å². The van der Waals surface area contributed by atoms with E-state index >= 15 is 0 Å². The Morgan fingerprint density at radius 1 is 0.912 bits per heavy atom. The molecule has 0 aliphatic rings. The van der Waals surface area contributed by atoms with E-state index in [-0.39, 0.29) is 19.1 Å². The van der Waals surface area contributed by atoms with Gasteiger partial charge in [0.15, 0.2) is 6.61 Å². The van der Waals surface area contributed by atoms with Gasteiger partial charge in [-0.3, -0.25) is 14.4 Å². The van der Waals surface area contributed by atoms with E-state index in [0.29, 0.717) is 11.3 Å². The monoisotopic (exact) mass is 458 g/mol. The lowest BCUT2D eigenvalue weighted by Gasteiger charge is -2.10. The first-order valence-corrected chi connectivity index (χ1v) is 10.7. The average molecular weight is 459 g/mol. The number of anilines is 1. The number of aryl methyl sites for hydroxylation is 2. The van der Waals surface area contributed by atoms with Crippen LogP contribution in [0.3, 0.4) is 0 Å². The summed E-state index contributed by atoms with van der Waals surface area (Å²) in [6, 6.07) is 21.9. The largest absolute Gasteiger partial charge is 0.484 e. The van der Waals surface area contributed by atoms with Gasteiger partial charge in [0, 0.05) is 12.2 Å². The minimum absolute atomic E-state index is 0.160.